The Kier molecular flexibility index (Phi) is 4.57. The smallest absolute Gasteiger partial charge is 0.164 e. The number of rotatable bonds is 5. The lowest BCUT2D eigenvalue weighted by atomic mass is 10.0. The Hall–Kier alpha value is -2.80. The summed E-state index contributed by atoms with van der Waals surface area (Å²) in [5.74, 6) is 0.639. The Morgan fingerprint density at radius 3 is 2.52 bits per heavy atom. The number of methoxy groups -OCH3 is 1. The van der Waals surface area contributed by atoms with Gasteiger partial charge in [0.2, 0.25) is 0 Å². The Morgan fingerprint density at radius 2 is 1.95 bits per heavy atom. The zero-order chi connectivity index (χ0) is 15.2. The highest BCUT2D eigenvalue weighted by Gasteiger charge is 2.16. The van der Waals surface area contributed by atoms with Gasteiger partial charge >= 0.3 is 0 Å². The van der Waals surface area contributed by atoms with E-state index in [9.17, 15) is 10.1 Å². The van der Waals surface area contributed by atoms with Crippen LogP contribution in [0.5, 0.6) is 11.5 Å². The molecule has 0 bridgehead atoms. The quantitative estimate of drug-likeness (QED) is 0.788. The van der Waals surface area contributed by atoms with Gasteiger partial charge < -0.3 is 9.47 Å². The predicted molar refractivity (Wildman–Crippen MR) is 78.5 cm³/mol. The van der Waals surface area contributed by atoms with Gasteiger partial charge in [-0.2, -0.15) is 5.26 Å². The number of carbonyl (C=O) groups is 1. The summed E-state index contributed by atoms with van der Waals surface area (Å²) in [7, 11) is 1.46. The largest absolute Gasteiger partial charge is 0.496 e. The molecule has 0 radical (unpaired) electrons. The zero-order valence-electron chi connectivity index (χ0n) is 11.9. The lowest BCUT2D eigenvalue weighted by Gasteiger charge is -2.12. The van der Waals surface area contributed by atoms with Crippen molar-refractivity contribution in [3.05, 3.63) is 59.2 Å². The third-order valence-electron chi connectivity index (χ3n) is 3.02. The van der Waals surface area contributed by atoms with Crippen molar-refractivity contribution >= 4 is 5.78 Å². The molecule has 2 aromatic carbocycles. The molecule has 0 fully saturated rings. The number of carbonyl (C=O) groups excluding carboxylic acids is 1. The van der Waals surface area contributed by atoms with Crippen molar-refractivity contribution in [2.24, 2.45) is 0 Å². The van der Waals surface area contributed by atoms with Crippen molar-refractivity contribution < 1.29 is 14.3 Å². The van der Waals surface area contributed by atoms with Gasteiger partial charge in [0.25, 0.3) is 0 Å². The first-order chi connectivity index (χ1) is 10.2. The maximum Gasteiger partial charge on any atom is 0.164 e. The first kappa shape index (κ1) is 14.6. The summed E-state index contributed by atoms with van der Waals surface area (Å²) in [6.07, 6.45) is 0. The van der Waals surface area contributed by atoms with Crippen LogP contribution in [0.2, 0.25) is 0 Å². The van der Waals surface area contributed by atoms with Crippen molar-refractivity contribution in [2.45, 2.75) is 13.5 Å². The molecule has 0 amide bonds. The van der Waals surface area contributed by atoms with Crippen LogP contribution in [0.1, 0.15) is 28.4 Å². The Labute approximate surface area is 123 Å². The van der Waals surface area contributed by atoms with Gasteiger partial charge in [0.15, 0.2) is 5.78 Å². The van der Waals surface area contributed by atoms with Gasteiger partial charge in [0.1, 0.15) is 24.2 Å². The predicted octanol–water partition coefficient (Wildman–Crippen LogP) is 3.35. The highest BCUT2D eigenvalue weighted by molar-refractivity contribution is 5.99. The van der Waals surface area contributed by atoms with Crippen LogP contribution in [-0.2, 0) is 6.61 Å². The lowest BCUT2D eigenvalue weighted by Crippen LogP contribution is -2.03. The second-order valence-electron chi connectivity index (χ2n) is 4.49. The average Bonchev–Trinajstić information content (AvgIpc) is 2.52. The molecule has 0 aromatic heterocycles. The van der Waals surface area contributed by atoms with E-state index in [1.165, 1.54) is 14.0 Å². The number of Topliss-reactive ketones (excluding diaryl/α,β-unsaturated/α-hetero) is 1. The molecule has 0 aliphatic heterocycles. The number of nitriles is 1. The first-order valence-electron chi connectivity index (χ1n) is 6.45. The first-order valence-corrected chi connectivity index (χ1v) is 6.45. The summed E-state index contributed by atoms with van der Waals surface area (Å²) in [6, 6.07) is 14.9. The second kappa shape index (κ2) is 6.58. The second-order valence-corrected chi connectivity index (χ2v) is 4.49. The van der Waals surface area contributed by atoms with E-state index in [4.69, 9.17) is 9.47 Å². The van der Waals surface area contributed by atoms with E-state index in [-0.39, 0.29) is 16.9 Å². The van der Waals surface area contributed by atoms with Crippen molar-refractivity contribution in [3.63, 3.8) is 0 Å². The maximum absolute atomic E-state index is 11.6. The number of hydrogen-bond acceptors (Lipinski definition) is 4. The van der Waals surface area contributed by atoms with Gasteiger partial charge in [-0.05, 0) is 18.6 Å². The van der Waals surface area contributed by atoms with Gasteiger partial charge in [-0.15, -0.1) is 0 Å². The van der Waals surface area contributed by atoms with Crippen molar-refractivity contribution in [1.82, 2.24) is 0 Å². The van der Waals surface area contributed by atoms with Crippen LogP contribution in [0.15, 0.2) is 42.5 Å². The van der Waals surface area contributed by atoms with E-state index in [0.717, 1.165) is 5.56 Å². The number of ether oxygens (including phenoxy) is 2. The van der Waals surface area contributed by atoms with Gasteiger partial charge in [-0.1, -0.05) is 30.3 Å². The van der Waals surface area contributed by atoms with E-state index < -0.39 is 0 Å². The molecule has 0 aliphatic rings. The van der Waals surface area contributed by atoms with E-state index in [1.54, 1.807) is 12.1 Å². The molecular formula is C17H15NO3. The molecule has 0 unspecified atom stereocenters. The minimum absolute atomic E-state index is 0.210. The van der Waals surface area contributed by atoms with E-state index in [0.29, 0.717) is 18.1 Å². The third-order valence-corrected chi connectivity index (χ3v) is 3.02. The molecule has 0 atom stereocenters. The van der Waals surface area contributed by atoms with Gasteiger partial charge in [0, 0.05) is 6.07 Å². The maximum atomic E-state index is 11.6. The van der Waals surface area contributed by atoms with Crippen LogP contribution in [-0.4, -0.2) is 12.9 Å². The molecule has 2 aromatic rings. The summed E-state index contributed by atoms with van der Waals surface area (Å²) in [4.78, 5) is 11.6. The van der Waals surface area contributed by atoms with Crippen LogP contribution in [0.25, 0.3) is 0 Å². The Bertz CT molecular complexity index is 687. The van der Waals surface area contributed by atoms with Gasteiger partial charge in [0.05, 0.1) is 18.2 Å². The summed E-state index contributed by atoms with van der Waals surface area (Å²) in [5.41, 5.74) is 1.56. The number of hydrogen-bond donors (Lipinski definition) is 0. The minimum atomic E-state index is -0.210. The summed E-state index contributed by atoms with van der Waals surface area (Å²) < 4.78 is 10.9. The fraction of sp³-hybridized carbons (Fsp3) is 0.176. The van der Waals surface area contributed by atoms with Crippen LogP contribution in [0.4, 0.5) is 0 Å². The molecule has 0 spiro atoms. The normalized spacial score (nSPS) is 9.76. The fourth-order valence-corrected chi connectivity index (χ4v) is 2.03. The molecule has 4 nitrogen and oxygen atoms in total. The Balaban J connectivity index is 2.29. The Morgan fingerprint density at radius 1 is 1.24 bits per heavy atom. The van der Waals surface area contributed by atoms with Gasteiger partial charge in [-0.3, -0.25) is 4.79 Å². The number of benzene rings is 2. The molecule has 106 valence electrons. The highest BCUT2D eigenvalue weighted by Crippen LogP contribution is 2.29. The van der Waals surface area contributed by atoms with E-state index >= 15 is 0 Å². The molecule has 21 heavy (non-hydrogen) atoms. The summed E-state index contributed by atoms with van der Waals surface area (Å²) in [5, 5.41) is 9.18. The minimum Gasteiger partial charge on any atom is -0.496 e. The standard InChI is InChI=1S/C17H15NO3/c1-12(19)17-14(10-18)8-15(9-16(17)20-2)21-11-13-6-4-3-5-7-13/h3-9H,11H2,1-2H3. The van der Waals surface area contributed by atoms with Crippen LogP contribution in [0.3, 0.4) is 0 Å². The van der Waals surface area contributed by atoms with E-state index in [1.807, 2.05) is 36.4 Å². The molecule has 0 saturated carbocycles. The number of ketones is 1. The topological polar surface area (TPSA) is 59.3 Å². The van der Waals surface area contributed by atoms with Crippen LogP contribution >= 0.6 is 0 Å². The molecule has 0 saturated heterocycles. The highest BCUT2D eigenvalue weighted by atomic mass is 16.5. The SMILES string of the molecule is COc1cc(OCc2ccccc2)cc(C#N)c1C(C)=O. The monoisotopic (exact) mass is 281 g/mol. The molecular weight excluding hydrogens is 266 g/mol. The van der Waals surface area contributed by atoms with E-state index in [2.05, 4.69) is 0 Å². The molecule has 0 N–H and O–H groups in total. The van der Waals surface area contributed by atoms with Crippen molar-refractivity contribution in [3.8, 4) is 17.6 Å². The summed E-state index contributed by atoms with van der Waals surface area (Å²) in [6.45, 7) is 1.79. The zero-order valence-corrected chi connectivity index (χ0v) is 11.9. The van der Waals surface area contributed by atoms with Gasteiger partial charge in [-0.25, -0.2) is 0 Å². The molecule has 0 heterocycles. The molecule has 4 heteroatoms. The third kappa shape index (κ3) is 3.40. The van der Waals surface area contributed by atoms with Crippen molar-refractivity contribution in [2.75, 3.05) is 7.11 Å². The summed E-state index contributed by atoms with van der Waals surface area (Å²) >= 11 is 0. The van der Waals surface area contributed by atoms with Crippen molar-refractivity contribution in [1.29, 1.82) is 5.26 Å². The number of nitrogens with zero attached hydrogens (tertiary/aromatic N) is 1. The molecule has 2 rings (SSSR count). The molecule has 0 aliphatic carbocycles. The lowest BCUT2D eigenvalue weighted by molar-refractivity contribution is 0.101. The van der Waals surface area contributed by atoms with Crippen LogP contribution < -0.4 is 9.47 Å². The van der Waals surface area contributed by atoms with Crippen LogP contribution in [0, 0.1) is 11.3 Å². The fourth-order valence-electron chi connectivity index (χ4n) is 2.03. The average molecular weight is 281 g/mol.